The average Bonchev–Trinajstić information content (AvgIpc) is 3.16. The van der Waals surface area contributed by atoms with Crippen LogP contribution in [0.25, 0.3) is 0 Å². The molecule has 5 heteroatoms. The van der Waals surface area contributed by atoms with Crippen LogP contribution in [0, 0.1) is 0 Å². The van der Waals surface area contributed by atoms with Gasteiger partial charge in [-0.25, -0.2) is 0 Å². The zero-order valence-corrected chi connectivity index (χ0v) is 13.9. The third-order valence-corrected chi connectivity index (χ3v) is 5.94. The Balaban J connectivity index is 1.39. The summed E-state index contributed by atoms with van der Waals surface area (Å²) in [5.41, 5.74) is 0. The second-order valence-electron chi connectivity index (χ2n) is 6.19. The molecule has 0 spiro atoms. The van der Waals surface area contributed by atoms with Crippen LogP contribution in [0.1, 0.15) is 43.4 Å². The molecule has 1 atom stereocenters. The molecule has 1 saturated heterocycles. The topological polar surface area (TPSA) is 32.3 Å². The van der Waals surface area contributed by atoms with Gasteiger partial charge in [0.2, 0.25) is 5.91 Å². The summed E-state index contributed by atoms with van der Waals surface area (Å²) in [4.78, 5) is 15.8. The first kappa shape index (κ1) is 15.3. The molecule has 21 heavy (non-hydrogen) atoms. The first-order valence-corrected chi connectivity index (χ1v) is 9.18. The lowest BCUT2D eigenvalue weighted by Crippen LogP contribution is -2.39. The van der Waals surface area contributed by atoms with Gasteiger partial charge in [-0.2, -0.15) is 0 Å². The van der Waals surface area contributed by atoms with E-state index in [0.29, 0.717) is 12.5 Å². The van der Waals surface area contributed by atoms with Crippen LogP contribution in [-0.2, 0) is 11.2 Å². The van der Waals surface area contributed by atoms with Crippen molar-refractivity contribution < 1.29 is 4.79 Å². The van der Waals surface area contributed by atoms with Gasteiger partial charge in [0.05, 0.1) is 4.34 Å². The number of nitrogens with one attached hydrogen (secondary N) is 1. The number of carbonyl (C=O) groups is 1. The Morgan fingerprint density at radius 3 is 2.86 bits per heavy atom. The molecular weight excluding hydrogens is 304 g/mol. The fourth-order valence-electron chi connectivity index (χ4n) is 3.53. The first-order chi connectivity index (χ1) is 10.2. The zero-order chi connectivity index (χ0) is 14.7. The van der Waals surface area contributed by atoms with E-state index in [2.05, 4.69) is 10.2 Å². The van der Waals surface area contributed by atoms with Crippen molar-refractivity contribution >= 4 is 28.8 Å². The molecule has 1 saturated carbocycles. The average molecular weight is 327 g/mol. The van der Waals surface area contributed by atoms with Crippen LogP contribution in [0.15, 0.2) is 12.1 Å². The van der Waals surface area contributed by atoms with E-state index in [1.165, 1.54) is 30.6 Å². The van der Waals surface area contributed by atoms with E-state index in [-0.39, 0.29) is 5.91 Å². The molecule has 0 radical (unpaired) electrons. The number of rotatable bonds is 5. The SMILES string of the molecule is O=C(CCc1ccc(Cl)s1)NC1CCN(C2CCCC2)C1. The maximum Gasteiger partial charge on any atom is 0.220 e. The molecular formula is C16H23ClN2OS. The van der Waals surface area contributed by atoms with Crippen LogP contribution >= 0.6 is 22.9 Å². The number of hydrogen-bond acceptors (Lipinski definition) is 3. The third-order valence-electron chi connectivity index (χ3n) is 4.65. The Morgan fingerprint density at radius 1 is 1.33 bits per heavy atom. The van der Waals surface area contributed by atoms with Crippen LogP contribution in [0.4, 0.5) is 0 Å². The van der Waals surface area contributed by atoms with E-state index in [0.717, 1.165) is 36.3 Å². The summed E-state index contributed by atoms with van der Waals surface area (Å²) >= 11 is 7.47. The molecule has 1 aromatic heterocycles. The molecule has 116 valence electrons. The number of thiophene rings is 1. The number of halogens is 1. The molecule has 1 aliphatic heterocycles. The summed E-state index contributed by atoms with van der Waals surface area (Å²) in [5.74, 6) is 0.179. The highest BCUT2D eigenvalue weighted by Crippen LogP contribution is 2.26. The Bertz CT molecular complexity index is 484. The van der Waals surface area contributed by atoms with Crippen molar-refractivity contribution in [3.63, 3.8) is 0 Å². The lowest BCUT2D eigenvalue weighted by molar-refractivity contribution is -0.121. The first-order valence-electron chi connectivity index (χ1n) is 7.98. The van der Waals surface area contributed by atoms with Crippen LogP contribution in [0.3, 0.4) is 0 Å². The van der Waals surface area contributed by atoms with Gasteiger partial charge in [0.1, 0.15) is 0 Å². The monoisotopic (exact) mass is 326 g/mol. The number of nitrogens with zero attached hydrogens (tertiary/aromatic N) is 1. The van der Waals surface area contributed by atoms with E-state index in [1.807, 2.05) is 12.1 Å². The van der Waals surface area contributed by atoms with E-state index >= 15 is 0 Å². The van der Waals surface area contributed by atoms with Gasteiger partial charge in [-0.3, -0.25) is 9.69 Å². The molecule has 1 amide bonds. The van der Waals surface area contributed by atoms with Crippen molar-refractivity contribution in [3.05, 3.63) is 21.3 Å². The molecule has 3 rings (SSSR count). The van der Waals surface area contributed by atoms with E-state index < -0.39 is 0 Å². The number of hydrogen-bond donors (Lipinski definition) is 1. The largest absolute Gasteiger partial charge is 0.352 e. The molecule has 1 aliphatic carbocycles. The Kier molecular flexibility index (Phi) is 5.19. The molecule has 2 aliphatic rings. The summed E-state index contributed by atoms with van der Waals surface area (Å²) in [6.07, 6.45) is 7.91. The number of amides is 1. The second-order valence-corrected chi connectivity index (χ2v) is 7.99. The predicted octanol–water partition coefficient (Wildman–Crippen LogP) is 3.47. The van der Waals surface area contributed by atoms with Crippen LogP contribution in [0.2, 0.25) is 4.34 Å². The van der Waals surface area contributed by atoms with Crippen molar-refractivity contribution in [1.82, 2.24) is 10.2 Å². The number of carbonyl (C=O) groups excluding carboxylic acids is 1. The Labute approximate surface area is 135 Å². The smallest absolute Gasteiger partial charge is 0.220 e. The lowest BCUT2D eigenvalue weighted by atomic mass is 10.2. The van der Waals surface area contributed by atoms with Gasteiger partial charge in [-0.15, -0.1) is 11.3 Å². The maximum absolute atomic E-state index is 12.0. The molecule has 1 N–H and O–H groups in total. The fraction of sp³-hybridized carbons (Fsp3) is 0.688. The summed E-state index contributed by atoms with van der Waals surface area (Å²) < 4.78 is 0.799. The van der Waals surface area contributed by atoms with E-state index in [1.54, 1.807) is 11.3 Å². The zero-order valence-electron chi connectivity index (χ0n) is 12.3. The Morgan fingerprint density at radius 2 is 2.14 bits per heavy atom. The molecule has 1 aromatic rings. The van der Waals surface area contributed by atoms with Gasteiger partial charge in [0.15, 0.2) is 0 Å². The normalized spacial score (nSPS) is 23.8. The van der Waals surface area contributed by atoms with Crippen molar-refractivity contribution in [2.24, 2.45) is 0 Å². The third kappa shape index (κ3) is 4.21. The minimum Gasteiger partial charge on any atom is -0.352 e. The van der Waals surface area contributed by atoms with Crippen molar-refractivity contribution in [2.75, 3.05) is 13.1 Å². The molecule has 0 aromatic carbocycles. The highest BCUT2D eigenvalue weighted by atomic mass is 35.5. The quantitative estimate of drug-likeness (QED) is 0.898. The maximum atomic E-state index is 12.0. The lowest BCUT2D eigenvalue weighted by Gasteiger charge is -2.23. The fourth-order valence-corrected chi connectivity index (χ4v) is 4.62. The summed E-state index contributed by atoms with van der Waals surface area (Å²) in [5, 5.41) is 3.20. The van der Waals surface area contributed by atoms with Crippen molar-refractivity contribution in [1.29, 1.82) is 0 Å². The van der Waals surface area contributed by atoms with Crippen molar-refractivity contribution in [2.45, 2.75) is 57.0 Å². The van der Waals surface area contributed by atoms with E-state index in [4.69, 9.17) is 11.6 Å². The molecule has 0 bridgehead atoms. The van der Waals surface area contributed by atoms with Gasteiger partial charge in [-0.1, -0.05) is 24.4 Å². The van der Waals surface area contributed by atoms with Crippen LogP contribution in [-0.4, -0.2) is 36.0 Å². The highest BCUT2D eigenvalue weighted by molar-refractivity contribution is 7.16. The molecule has 2 heterocycles. The molecule has 2 fully saturated rings. The second kappa shape index (κ2) is 7.12. The molecule has 1 unspecified atom stereocenters. The predicted molar refractivity (Wildman–Crippen MR) is 88.0 cm³/mol. The summed E-state index contributed by atoms with van der Waals surface area (Å²) in [7, 11) is 0. The number of likely N-dealkylation sites (tertiary alicyclic amines) is 1. The minimum absolute atomic E-state index is 0.179. The van der Waals surface area contributed by atoms with Crippen LogP contribution in [0.5, 0.6) is 0 Å². The van der Waals surface area contributed by atoms with Gasteiger partial charge >= 0.3 is 0 Å². The van der Waals surface area contributed by atoms with Gasteiger partial charge in [-0.05, 0) is 37.8 Å². The Hall–Kier alpha value is -0.580. The summed E-state index contributed by atoms with van der Waals surface area (Å²) in [6, 6.07) is 5.04. The van der Waals surface area contributed by atoms with Gasteiger partial charge in [0.25, 0.3) is 0 Å². The van der Waals surface area contributed by atoms with Crippen molar-refractivity contribution in [3.8, 4) is 0 Å². The van der Waals surface area contributed by atoms with Gasteiger partial charge < -0.3 is 5.32 Å². The minimum atomic E-state index is 0.179. The van der Waals surface area contributed by atoms with Crippen LogP contribution < -0.4 is 5.32 Å². The highest BCUT2D eigenvalue weighted by Gasteiger charge is 2.30. The van der Waals surface area contributed by atoms with E-state index in [9.17, 15) is 4.79 Å². The number of aryl methyl sites for hydroxylation is 1. The summed E-state index contributed by atoms with van der Waals surface area (Å²) in [6.45, 7) is 2.19. The van der Waals surface area contributed by atoms with Gasteiger partial charge in [0, 0.05) is 36.5 Å². The molecule has 3 nitrogen and oxygen atoms in total. The standard InChI is InChI=1S/C16H23ClN2OS/c17-15-7-5-14(21-15)6-8-16(20)18-12-9-10-19(11-12)13-3-1-2-4-13/h5,7,12-13H,1-4,6,8-11H2,(H,18,20).